The van der Waals surface area contributed by atoms with Crippen molar-refractivity contribution in [3.05, 3.63) is 29.8 Å². The molecule has 1 amide bonds. The van der Waals surface area contributed by atoms with Crippen LogP contribution in [0.5, 0.6) is 0 Å². The van der Waals surface area contributed by atoms with Crippen molar-refractivity contribution >= 4 is 21.6 Å². The van der Waals surface area contributed by atoms with Crippen molar-refractivity contribution in [3.8, 4) is 11.8 Å². The molecule has 0 aliphatic heterocycles. The molecule has 1 fully saturated rings. The molecule has 0 saturated heterocycles. The van der Waals surface area contributed by atoms with E-state index in [0.29, 0.717) is 5.69 Å². The highest BCUT2D eigenvalue weighted by Gasteiger charge is 2.26. The van der Waals surface area contributed by atoms with Crippen LogP contribution in [-0.2, 0) is 14.8 Å². The molecule has 124 valence electrons. The zero-order valence-electron chi connectivity index (χ0n) is 13.3. The minimum absolute atomic E-state index is 0.117. The first-order chi connectivity index (χ1) is 11.0. The van der Waals surface area contributed by atoms with E-state index in [9.17, 15) is 13.2 Å². The molecule has 2 rings (SSSR count). The molecule has 0 aromatic heterocycles. The van der Waals surface area contributed by atoms with Crippen molar-refractivity contribution in [2.75, 3.05) is 11.9 Å². The second-order valence-corrected chi connectivity index (χ2v) is 7.73. The summed E-state index contributed by atoms with van der Waals surface area (Å²) in [6.45, 7) is 1.57. The Hall–Kier alpha value is -1.84. The highest BCUT2D eigenvalue weighted by Crippen LogP contribution is 2.22. The number of sulfonamides is 1. The molecular formula is C17H22N2O3S. The highest BCUT2D eigenvalue weighted by molar-refractivity contribution is 7.90. The summed E-state index contributed by atoms with van der Waals surface area (Å²) in [5.74, 6) is 5.62. The second-order valence-electron chi connectivity index (χ2n) is 5.69. The molecule has 0 unspecified atom stereocenters. The number of carbonyl (C=O) groups excluding carboxylic acids is 1. The van der Waals surface area contributed by atoms with Gasteiger partial charge in [0, 0.05) is 18.2 Å². The number of carbonyl (C=O) groups is 1. The van der Waals surface area contributed by atoms with Gasteiger partial charge in [-0.05, 0) is 37.1 Å². The lowest BCUT2D eigenvalue weighted by molar-refractivity contribution is -0.114. The average Bonchev–Trinajstić information content (AvgIpc) is 2.53. The molecule has 1 saturated carbocycles. The van der Waals surface area contributed by atoms with Crippen molar-refractivity contribution in [3.63, 3.8) is 0 Å². The summed E-state index contributed by atoms with van der Waals surface area (Å²) in [4.78, 5) is 10.9. The Morgan fingerprint density at radius 3 is 2.43 bits per heavy atom. The molecule has 0 heterocycles. The number of rotatable bonds is 4. The topological polar surface area (TPSA) is 75.3 Å². The van der Waals surface area contributed by atoms with Gasteiger partial charge < -0.3 is 5.32 Å². The molecule has 0 spiro atoms. The minimum Gasteiger partial charge on any atom is -0.326 e. The van der Waals surface area contributed by atoms with Gasteiger partial charge in [0.15, 0.2) is 0 Å². The standard InChI is InChI=1S/C17H22N2O3S/c1-14(20)19-16-11-9-15(10-12-16)6-5-13-18-23(21,22)17-7-3-2-4-8-17/h9-12,17-18H,2-4,7-8,13H2,1H3,(H,19,20). The van der Waals surface area contributed by atoms with Gasteiger partial charge in [-0.3, -0.25) is 4.79 Å². The molecule has 1 aliphatic rings. The summed E-state index contributed by atoms with van der Waals surface area (Å²) >= 11 is 0. The largest absolute Gasteiger partial charge is 0.326 e. The van der Waals surface area contributed by atoms with E-state index in [1.165, 1.54) is 6.92 Å². The van der Waals surface area contributed by atoms with Gasteiger partial charge >= 0.3 is 0 Å². The molecule has 5 nitrogen and oxygen atoms in total. The van der Waals surface area contributed by atoms with Gasteiger partial charge in [0.2, 0.25) is 15.9 Å². The van der Waals surface area contributed by atoms with Crippen molar-refractivity contribution in [1.82, 2.24) is 4.72 Å². The number of amides is 1. The third-order valence-electron chi connectivity index (χ3n) is 3.79. The fourth-order valence-electron chi connectivity index (χ4n) is 2.62. The van der Waals surface area contributed by atoms with E-state index < -0.39 is 10.0 Å². The van der Waals surface area contributed by atoms with E-state index in [1.807, 2.05) is 0 Å². The van der Waals surface area contributed by atoms with E-state index in [4.69, 9.17) is 0 Å². The lowest BCUT2D eigenvalue weighted by Crippen LogP contribution is -2.35. The Labute approximate surface area is 137 Å². The monoisotopic (exact) mass is 334 g/mol. The molecule has 1 aliphatic carbocycles. The maximum absolute atomic E-state index is 12.1. The zero-order valence-corrected chi connectivity index (χ0v) is 14.1. The zero-order chi connectivity index (χ0) is 16.7. The van der Waals surface area contributed by atoms with Gasteiger partial charge in [-0.25, -0.2) is 13.1 Å². The van der Waals surface area contributed by atoms with Crippen molar-refractivity contribution in [1.29, 1.82) is 0 Å². The smallest absolute Gasteiger partial charge is 0.221 e. The summed E-state index contributed by atoms with van der Waals surface area (Å²) in [5, 5.41) is 2.41. The third-order valence-corrected chi connectivity index (χ3v) is 5.69. The number of hydrogen-bond donors (Lipinski definition) is 2. The minimum atomic E-state index is -3.26. The van der Waals surface area contributed by atoms with Crippen LogP contribution in [0.25, 0.3) is 0 Å². The molecule has 1 aromatic carbocycles. The van der Waals surface area contributed by atoms with E-state index in [1.54, 1.807) is 24.3 Å². The lowest BCUT2D eigenvalue weighted by atomic mass is 10.0. The van der Waals surface area contributed by atoms with E-state index in [2.05, 4.69) is 21.9 Å². The van der Waals surface area contributed by atoms with Crippen LogP contribution in [-0.4, -0.2) is 26.1 Å². The molecule has 23 heavy (non-hydrogen) atoms. The third kappa shape index (κ3) is 5.70. The quantitative estimate of drug-likeness (QED) is 0.829. The number of benzene rings is 1. The normalized spacial score (nSPS) is 15.5. The lowest BCUT2D eigenvalue weighted by Gasteiger charge is -2.21. The van der Waals surface area contributed by atoms with Crippen LogP contribution < -0.4 is 10.0 Å². The summed E-state index contributed by atoms with van der Waals surface area (Å²) < 4.78 is 26.8. The molecule has 0 bridgehead atoms. The van der Waals surface area contributed by atoms with Crippen molar-refractivity contribution in [2.24, 2.45) is 0 Å². The van der Waals surface area contributed by atoms with Crippen LogP contribution in [0.2, 0.25) is 0 Å². The summed E-state index contributed by atoms with van der Waals surface area (Å²) in [6, 6.07) is 7.09. The van der Waals surface area contributed by atoms with Gasteiger partial charge in [0.25, 0.3) is 0 Å². The summed E-state index contributed by atoms with van der Waals surface area (Å²) in [6.07, 6.45) is 4.58. The van der Waals surface area contributed by atoms with Crippen LogP contribution in [0, 0.1) is 11.8 Å². The van der Waals surface area contributed by atoms with Gasteiger partial charge in [-0.15, -0.1) is 0 Å². The maximum atomic E-state index is 12.1. The van der Waals surface area contributed by atoms with Crippen molar-refractivity contribution < 1.29 is 13.2 Å². The van der Waals surface area contributed by atoms with E-state index >= 15 is 0 Å². The Bertz CT molecular complexity index is 694. The first-order valence-corrected chi connectivity index (χ1v) is 9.37. The van der Waals surface area contributed by atoms with Gasteiger partial charge in [0.1, 0.15) is 0 Å². The molecular weight excluding hydrogens is 312 g/mol. The summed E-state index contributed by atoms with van der Waals surface area (Å²) in [5.41, 5.74) is 1.48. The maximum Gasteiger partial charge on any atom is 0.221 e. The van der Waals surface area contributed by atoms with Crippen LogP contribution in [0.1, 0.15) is 44.6 Å². The Morgan fingerprint density at radius 1 is 1.17 bits per heavy atom. The highest BCUT2D eigenvalue weighted by atomic mass is 32.2. The predicted molar refractivity (Wildman–Crippen MR) is 91.4 cm³/mol. The second kappa shape index (κ2) is 8.14. The molecule has 6 heteroatoms. The van der Waals surface area contributed by atoms with Crippen LogP contribution in [0.3, 0.4) is 0 Å². The van der Waals surface area contributed by atoms with Crippen LogP contribution >= 0.6 is 0 Å². The fourth-order valence-corrected chi connectivity index (χ4v) is 4.08. The van der Waals surface area contributed by atoms with Crippen LogP contribution in [0.15, 0.2) is 24.3 Å². The molecule has 1 aromatic rings. The fraction of sp³-hybridized carbons (Fsp3) is 0.471. The number of anilines is 1. The van der Waals surface area contributed by atoms with Gasteiger partial charge in [-0.2, -0.15) is 0 Å². The van der Waals surface area contributed by atoms with E-state index in [-0.39, 0.29) is 17.7 Å². The average molecular weight is 334 g/mol. The molecule has 2 N–H and O–H groups in total. The van der Waals surface area contributed by atoms with Gasteiger partial charge in [-0.1, -0.05) is 31.1 Å². The number of nitrogens with one attached hydrogen (secondary N) is 2. The summed E-state index contributed by atoms with van der Waals surface area (Å²) in [7, 11) is -3.26. The Kier molecular flexibility index (Phi) is 6.20. The van der Waals surface area contributed by atoms with Gasteiger partial charge in [0.05, 0.1) is 11.8 Å². The van der Waals surface area contributed by atoms with E-state index in [0.717, 1.165) is 37.7 Å². The first kappa shape index (κ1) is 17.5. The first-order valence-electron chi connectivity index (χ1n) is 7.82. The SMILES string of the molecule is CC(=O)Nc1ccc(C#CCNS(=O)(=O)C2CCCCC2)cc1. The number of hydrogen-bond acceptors (Lipinski definition) is 3. The molecule has 0 atom stereocenters. The Balaban J connectivity index is 1.86. The molecule has 0 radical (unpaired) electrons. The van der Waals surface area contributed by atoms with Crippen LogP contribution in [0.4, 0.5) is 5.69 Å². The van der Waals surface area contributed by atoms with Crippen molar-refractivity contribution in [2.45, 2.75) is 44.3 Å². The predicted octanol–water partition coefficient (Wildman–Crippen LogP) is 2.25. The Morgan fingerprint density at radius 2 is 1.83 bits per heavy atom.